The average molecular weight is 264 g/mol. The first-order valence-electron chi connectivity index (χ1n) is 6.45. The van der Waals surface area contributed by atoms with E-state index < -0.39 is 0 Å². The van der Waals surface area contributed by atoms with E-state index in [9.17, 15) is 15.0 Å². The van der Waals surface area contributed by atoms with Gasteiger partial charge in [0.1, 0.15) is 11.5 Å². The van der Waals surface area contributed by atoms with Gasteiger partial charge in [0, 0.05) is 18.6 Å². The lowest BCUT2D eigenvalue weighted by molar-refractivity contribution is 0.0658. The number of hydrogen-bond donors (Lipinski definition) is 3. The van der Waals surface area contributed by atoms with Crippen molar-refractivity contribution in [2.24, 2.45) is 0 Å². The molecular formula is C14H20N2O3. The van der Waals surface area contributed by atoms with Crippen LogP contribution in [0.1, 0.15) is 30.1 Å². The smallest absolute Gasteiger partial charge is 0.257 e. The highest BCUT2D eigenvalue weighted by atomic mass is 16.3. The number of carbonyl (C=O) groups excluding carboxylic acids is 1. The van der Waals surface area contributed by atoms with Gasteiger partial charge in [-0.1, -0.05) is 0 Å². The molecule has 1 amide bonds. The van der Waals surface area contributed by atoms with Gasteiger partial charge in [0.05, 0.1) is 5.56 Å². The van der Waals surface area contributed by atoms with Crippen molar-refractivity contribution in [3.8, 4) is 11.5 Å². The standard InChI is InChI=1S/C14H20N2O3/c1-14(15-2)5-7-16(8-6-14)13(19)11-9-10(17)3-4-12(11)18/h3-4,9,15,17-18H,5-8H2,1-2H3. The molecule has 1 heterocycles. The van der Waals surface area contributed by atoms with Crippen LogP contribution in [0.5, 0.6) is 11.5 Å². The molecule has 0 bridgehead atoms. The molecule has 0 unspecified atom stereocenters. The first-order chi connectivity index (χ1) is 8.95. The number of phenols is 2. The molecule has 3 N–H and O–H groups in total. The number of nitrogens with one attached hydrogen (secondary N) is 1. The maximum atomic E-state index is 12.3. The fourth-order valence-corrected chi connectivity index (χ4v) is 2.32. The molecule has 1 aliphatic rings. The molecule has 1 saturated heterocycles. The maximum Gasteiger partial charge on any atom is 0.257 e. The quantitative estimate of drug-likeness (QED) is 0.704. The van der Waals surface area contributed by atoms with Crippen LogP contribution in [0.15, 0.2) is 18.2 Å². The summed E-state index contributed by atoms with van der Waals surface area (Å²) in [6.07, 6.45) is 1.74. The lowest BCUT2D eigenvalue weighted by Gasteiger charge is -2.39. The van der Waals surface area contributed by atoms with E-state index in [1.807, 2.05) is 7.05 Å². The van der Waals surface area contributed by atoms with Crippen LogP contribution in [0.25, 0.3) is 0 Å². The Morgan fingerprint density at radius 3 is 2.53 bits per heavy atom. The molecule has 0 saturated carbocycles. The van der Waals surface area contributed by atoms with Crippen molar-refractivity contribution in [3.05, 3.63) is 23.8 Å². The Morgan fingerprint density at radius 2 is 1.95 bits per heavy atom. The minimum absolute atomic E-state index is 0.0155. The summed E-state index contributed by atoms with van der Waals surface area (Å²) in [7, 11) is 1.93. The van der Waals surface area contributed by atoms with Crippen LogP contribution < -0.4 is 5.32 Å². The largest absolute Gasteiger partial charge is 0.508 e. The van der Waals surface area contributed by atoms with Crippen molar-refractivity contribution >= 4 is 5.91 Å². The Labute approximate surface area is 112 Å². The summed E-state index contributed by atoms with van der Waals surface area (Å²) in [6.45, 7) is 3.43. The molecule has 1 aliphatic heterocycles. The van der Waals surface area contributed by atoms with Crippen LogP contribution in [0, 0.1) is 0 Å². The summed E-state index contributed by atoms with van der Waals surface area (Å²) in [5.74, 6) is -0.338. The third-order valence-corrected chi connectivity index (χ3v) is 3.97. The molecule has 0 aromatic heterocycles. The summed E-state index contributed by atoms with van der Waals surface area (Å²) in [5.41, 5.74) is 0.227. The minimum Gasteiger partial charge on any atom is -0.508 e. The van der Waals surface area contributed by atoms with E-state index >= 15 is 0 Å². The van der Waals surface area contributed by atoms with Gasteiger partial charge >= 0.3 is 0 Å². The molecule has 5 nitrogen and oxygen atoms in total. The summed E-state index contributed by atoms with van der Waals surface area (Å²) >= 11 is 0. The molecule has 104 valence electrons. The second-order valence-electron chi connectivity index (χ2n) is 5.30. The minimum atomic E-state index is -0.230. The number of aromatic hydroxyl groups is 2. The van der Waals surface area contributed by atoms with E-state index in [4.69, 9.17) is 0 Å². The number of nitrogens with zero attached hydrogens (tertiary/aromatic N) is 1. The van der Waals surface area contributed by atoms with Crippen LogP contribution in [0.3, 0.4) is 0 Å². The molecule has 1 fully saturated rings. The summed E-state index contributed by atoms with van der Waals surface area (Å²) < 4.78 is 0. The predicted molar refractivity (Wildman–Crippen MR) is 72.4 cm³/mol. The molecule has 1 aromatic carbocycles. The van der Waals surface area contributed by atoms with Gasteiger partial charge in [0.2, 0.25) is 0 Å². The molecule has 0 radical (unpaired) electrons. The zero-order valence-electron chi connectivity index (χ0n) is 11.3. The Balaban J connectivity index is 2.11. The van der Waals surface area contributed by atoms with Crippen LogP contribution in [0.2, 0.25) is 0 Å². The van der Waals surface area contributed by atoms with Crippen LogP contribution in [0.4, 0.5) is 0 Å². The van der Waals surface area contributed by atoms with Crippen LogP contribution in [-0.4, -0.2) is 46.7 Å². The van der Waals surface area contributed by atoms with Gasteiger partial charge in [-0.2, -0.15) is 0 Å². The fourth-order valence-electron chi connectivity index (χ4n) is 2.32. The van der Waals surface area contributed by atoms with Gasteiger partial charge in [0.25, 0.3) is 5.91 Å². The number of hydrogen-bond acceptors (Lipinski definition) is 4. The average Bonchev–Trinajstić information content (AvgIpc) is 2.42. The first-order valence-corrected chi connectivity index (χ1v) is 6.45. The van der Waals surface area contributed by atoms with Crippen molar-refractivity contribution in [1.29, 1.82) is 0 Å². The number of piperidine rings is 1. The van der Waals surface area contributed by atoms with Crippen molar-refractivity contribution in [2.75, 3.05) is 20.1 Å². The SMILES string of the molecule is CNC1(C)CCN(C(=O)c2cc(O)ccc2O)CC1. The monoisotopic (exact) mass is 264 g/mol. The van der Waals surface area contributed by atoms with Crippen molar-refractivity contribution in [3.63, 3.8) is 0 Å². The Kier molecular flexibility index (Phi) is 3.66. The van der Waals surface area contributed by atoms with Gasteiger partial charge < -0.3 is 20.4 Å². The van der Waals surface area contributed by atoms with Crippen LogP contribution >= 0.6 is 0 Å². The molecule has 1 aromatic rings. The zero-order valence-corrected chi connectivity index (χ0v) is 11.3. The second kappa shape index (κ2) is 5.09. The molecule has 5 heteroatoms. The lowest BCUT2D eigenvalue weighted by Crippen LogP contribution is -2.51. The highest BCUT2D eigenvalue weighted by Crippen LogP contribution is 2.27. The number of benzene rings is 1. The van der Waals surface area contributed by atoms with Gasteiger partial charge in [-0.25, -0.2) is 0 Å². The number of carbonyl (C=O) groups is 1. The van der Waals surface area contributed by atoms with Gasteiger partial charge in [0.15, 0.2) is 0 Å². The van der Waals surface area contributed by atoms with E-state index in [2.05, 4.69) is 12.2 Å². The Morgan fingerprint density at radius 1 is 1.32 bits per heavy atom. The molecular weight excluding hydrogens is 244 g/mol. The number of amides is 1. The van der Waals surface area contributed by atoms with E-state index in [0.717, 1.165) is 12.8 Å². The Bertz CT molecular complexity index is 480. The first kappa shape index (κ1) is 13.7. The van der Waals surface area contributed by atoms with Crippen LogP contribution in [-0.2, 0) is 0 Å². The van der Waals surface area contributed by atoms with Gasteiger partial charge in [-0.3, -0.25) is 4.79 Å². The molecule has 2 rings (SSSR count). The molecule has 0 aliphatic carbocycles. The second-order valence-corrected chi connectivity index (χ2v) is 5.30. The van der Waals surface area contributed by atoms with Crippen molar-refractivity contribution in [2.45, 2.75) is 25.3 Å². The molecule has 0 atom stereocenters. The highest BCUT2D eigenvalue weighted by molar-refractivity contribution is 5.97. The lowest BCUT2D eigenvalue weighted by atomic mass is 9.89. The number of phenolic OH excluding ortho intramolecular Hbond substituents is 2. The summed E-state index contributed by atoms with van der Waals surface area (Å²) in [5, 5.41) is 22.4. The van der Waals surface area contributed by atoms with E-state index in [1.54, 1.807) is 4.90 Å². The number of rotatable bonds is 2. The van der Waals surface area contributed by atoms with Gasteiger partial charge in [-0.05, 0) is 45.0 Å². The third kappa shape index (κ3) is 2.81. The summed E-state index contributed by atoms with van der Waals surface area (Å²) in [6, 6.07) is 4.01. The zero-order chi connectivity index (χ0) is 14.0. The van der Waals surface area contributed by atoms with E-state index in [0.29, 0.717) is 13.1 Å². The normalized spacial score (nSPS) is 18.3. The Hall–Kier alpha value is -1.75. The van der Waals surface area contributed by atoms with E-state index in [-0.39, 0.29) is 28.5 Å². The predicted octanol–water partition coefficient (Wildman–Crippen LogP) is 1.31. The van der Waals surface area contributed by atoms with Crippen molar-refractivity contribution in [1.82, 2.24) is 10.2 Å². The number of likely N-dealkylation sites (tertiary alicyclic amines) is 1. The maximum absolute atomic E-state index is 12.3. The van der Waals surface area contributed by atoms with E-state index in [1.165, 1.54) is 18.2 Å². The van der Waals surface area contributed by atoms with Crippen molar-refractivity contribution < 1.29 is 15.0 Å². The fraction of sp³-hybridized carbons (Fsp3) is 0.500. The third-order valence-electron chi connectivity index (χ3n) is 3.97. The highest BCUT2D eigenvalue weighted by Gasteiger charge is 2.31. The molecule has 19 heavy (non-hydrogen) atoms. The topological polar surface area (TPSA) is 72.8 Å². The van der Waals surface area contributed by atoms with Gasteiger partial charge in [-0.15, -0.1) is 0 Å². The summed E-state index contributed by atoms with van der Waals surface area (Å²) in [4.78, 5) is 14.0. The molecule has 0 spiro atoms.